The summed E-state index contributed by atoms with van der Waals surface area (Å²) < 4.78 is -0.131. The average Bonchev–Trinajstić information content (AvgIpc) is 3.02. The fraction of sp³-hybridized carbons (Fsp3) is 0.737. The summed E-state index contributed by atoms with van der Waals surface area (Å²) in [4.78, 5) is 27.6. The summed E-state index contributed by atoms with van der Waals surface area (Å²) in [5.41, 5.74) is 0.904. The van der Waals surface area contributed by atoms with Crippen LogP contribution in [0.15, 0.2) is 9.72 Å². The maximum atomic E-state index is 11.9. The fourth-order valence-corrected chi connectivity index (χ4v) is 5.38. The van der Waals surface area contributed by atoms with Crippen molar-refractivity contribution in [2.24, 2.45) is 5.92 Å². The number of carbonyl (C=O) groups excluding carboxylic acids is 1. The van der Waals surface area contributed by atoms with E-state index in [4.69, 9.17) is 0 Å². The van der Waals surface area contributed by atoms with Crippen molar-refractivity contribution >= 4 is 35.0 Å². The van der Waals surface area contributed by atoms with Crippen LogP contribution in [0.5, 0.6) is 0 Å². The van der Waals surface area contributed by atoms with Gasteiger partial charge in [0, 0.05) is 24.8 Å². The van der Waals surface area contributed by atoms with Crippen molar-refractivity contribution in [1.82, 2.24) is 10.3 Å². The average molecular weight is 399 g/mol. The zero-order valence-corrected chi connectivity index (χ0v) is 17.4. The van der Waals surface area contributed by atoms with Gasteiger partial charge in [-0.15, -0.1) is 11.3 Å². The van der Waals surface area contributed by atoms with Crippen molar-refractivity contribution in [2.45, 2.75) is 80.7 Å². The van der Waals surface area contributed by atoms with E-state index in [2.05, 4.69) is 10.3 Å². The number of carbonyl (C=O) groups is 2. The number of thioether (sulfide) groups is 1. The molecule has 1 amide bonds. The minimum absolute atomic E-state index is 0.123. The number of nitrogens with one attached hydrogen (secondary N) is 1. The molecular formula is C19H30N2O3S2. The normalized spacial score (nSPS) is 15.8. The van der Waals surface area contributed by atoms with Crippen LogP contribution in [0.3, 0.4) is 0 Å². The zero-order chi connectivity index (χ0) is 19.0. The molecule has 1 heterocycles. The second-order valence-electron chi connectivity index (χ2n) is 7.52. The molecule has 146 valence electrons. The van der Waals surface area contributed by atoms with Crippen molar-refractivity contribution < 1.29 is 14.7 Å². The van der Waals surface area contributed by atoms with Gasteiger partial charge in [-0.25, -0.2) is 4.98 Å². The van der Waals surface area contributed by atoms with Crippen LogP contribution in [-0.2, 0) is 16.0 Å². The van der Waals surface area contributed by atoms with Gasteiger partial charge in [-0.05, 0) is 32.6 Å². The third-order valence-corrected chi connectivity index (χ3v) is 7.00. The Morgan fingerprint density at radius 3 is 2.77 bits per heavy atom. The smallest absolute Gasteiger partial charge is 0.319 e. The molecule has 2 rings (SSSR count). The highest BCUT2D eigenvalue weighted by Gasteiger charge is 2.29. The van der Waals surface area contributed by atoms with Gasteiger partial charge in [0.05, 0.1) is 5.69 Å². The second-order valence-corrected chi connectivity index (χ2v) is 10.2. The molecule has 0 unspecified atom stereocenters. The van der Waals surface area contributed by atoms with Crippen LogP contribution >= 0.6 is 23.1 Å². The topological polar surface area (TPSA) is 79.3 Å². The lowest BCUT2D eigenvalue weighted by molar-refractivity contribution is -0.138. The van der Waals surface area contributed by atoms with Crippen LogP contribution in [0.4, 0.5) is 0 Å². The van der Waals surface area contributed by atoms with E-state index < -0.39 is 10.7 Å². The van der Waals surface area contributed by atoms with E-state index in [1.807, 2.05) is 5.38 Å². The van der Waals surface area contributed by atoms with Gasteiger partial charge in [-0.2, -0.15) is 0 Å². The number of nitrogens with zero attached hydrogens (tertiary/aromatic N) is 1. The Morgan fingerprint density at radius 1 is 1.35 bits per heavy atom. The summed E-state index contributed by atoms with van der Waals surface area (Å²) in [6, 6.07) is 0. The summed E-state index contributed by atoms with van der Waals surface area (Å²) in [7, 11) is 0. The first-order chi connectivity index (χ1) is 12.4. The van der Waals surface area contributed by atoms with Gasteiger partial charge < -0.3 is 10.4 Å². The summed E-state index contributed by atoms with van der Waals surface area (Å²) in [6.45, 7) is 3.93. The van der Waals surface area contributed by atoms with E-state index in [-0.39, 0.29) is 5.91 Å². The molecule has 0 aliphatic heterocycles. The Morgan fingerprint density at radius 2 is 2.08 bits per heavy atom. The summed E-state index contributed by atoms with van der Waals surface area (Å²) in [5, 5.41) is 14.1. The van der Waals surface area contributed by atoms with E-state index in [0.717, 1.165) is 22.4 Å². The van der Waals surface area contributed by atoms with Crippen molar-refractivity contribution in [1.29, 1.82) is 0 Å². The number of aliphatic carboxylic acids is 1. The number of hydrogen-bond donors (Lipinski definition) is 2. The molecule has 2 N–H and O–H groups in total. The molecule has 1 aromatic rings. The molecule has 0 radical (unpaired) electrons. The van der Waals surface area contributed by atoms with Crippen molar-refractivity contribution in [3.05, 3.63) is 11.1 Å². The lowest BCUT2D eigenvalue weighted by atomic mass is 9.86. The largest absolute Gasteiger partial charge is 0.480 e. The maximum absolute atomic E-state index is 11.9. The molecule has 1 aromatic heterocycles. The molecule has 0 aromatic carbocycles. The zero-order valence-electron chi connectivity index (χ0n) is 15.8. The number of thiazole rings is 1. The quantitative estimate of drug-likeness (QED) is 0.567. The third kappa shape index (κ3) is 7.27. The number of amides is 1. The molecule has 0 atom stereocenters. The highest BCUT2D eigenvalue weighted by atomic mass is 32.2. The Hall–Kier alpha value is -1.08. The van der Waals surface area contributed by atoms with Gasteiger partial charge in [0.1, 0.15) is 4.75 Å². The molecule has 1 saturated carbocycles. The Bertz CT molecular complexity index is 595. The molecule has 1 fully saturated rings. The van der Waals surface area contributed by atoms with Gasteiger partial charge in [0.25, 0.3) is 0 Å². The standard InChI is InChI=1S/C19H30N2O3S2/c1-19(2,17(23)24)26-18-21-15(13-25-18)11-12-20-16(22)10-6-9-14-7-4-3-5-8-14/h13-14H,3-12H2,1-2H3,(H,20,22)(H,23,24). The first-order valence-corrected chi connectivity index (χ1v) is 11.2. The maximum Gasteiger partial charge on any atom is 0.319 e. The highest BCUT2D eigenvalue weighted by Crippen LogP contribution is 2.34. The van der Waals surface area contributed by atoms with E-state index in [0.29, 0.717) is 19.4 Å². The molecule has 1 aliphatic carbocycles. The first kappa shape index (κ1) is 21.2. The second kappa shape index (κ2) is 10.3. The molecule has 5 nitrogen and oxygen atoms in total. The monoisotopic (exact) mass is 398 g/mol. The first-order valence-electron chi connectivity index (χ1n) is 9.50. The molecule has 0 bridgehead atoms. The van der Waals surface area contributed by atoms with Crippen LogP contribution in [-0.4, -0.2) is 33.3 Å². The molecule has 1 aliphatic rings. The van der Waals surface area contributed by atoms with Gasteiger partial charge in [-0.3, -0.25) is 9.59 Å². The van der Waals surface area contributed by atoms with Crippen LogP contribution in [0.1, 0.15) is 70.9 Å². The number of carboxylic acid groups (broad SMARTS) is 1. The Kier molecular flexibility index (Phi) is 8.41. The van der Waals surface area contributed by atoms with E-state index in [1.165, 1.54) is 61.6 Å². The predicted octanol–water partition coefficient (Wildman–Crippen LogP) is 4.51. The fourth-order valence-electron chi connectivity index (χ4n) is 3.16. The Balaban J connectivity index is 1.61. The molecule has 7 heteroatoms. The molecular weight excluding hydrogens is 368 g/mol. The molecule has 0 saturated heterocycles. The van der Waals surface area contributed by atoms with Crippen molar-refractivity contribution in [3.8, 4) is 0 Å². The number of aromatic nitrogens is 1. The lowest BCUT2D eigenvalue weighted by Crippen LogP contribution is -2.27. The van der Waals surface area contributed by atoms with Crippen molar-refractivity contribution in [2.75, 3.05) is 6.54 Å². The van der Waals surface area contributed by atoms with E-state index in [1.54, 1.807) is 13.8 Å². The van der Waals surface area contributed by atoms with E-state index in [9.17, 15) is 14.7 Å². The Labute approximate surface area is 164 Å². The van der Waals surface area contributed by atoms with E-state index >= 15 is 0 Å². The van der Waals surface area contributed by atoms with Gasteiger partial charge in [0.15, 0.2) is 4.34 Å². The predicted molar refractivity (Wildman–Crippen MR) is 107 cm³/mol. The van der Waals surface area contributed by atoms with Crippen LogP contribution in [0, 0.1) is 5.92 Å². The van der Waals surface area contributed by atoms with Crippen LogP contribution in [0.25, 0.3) is 0 Å². The summed E-state index contributed by atoms with van der Waals surface area (Å²) in [5.74, 6) is 0.106. The van der Waals surface area contributed by atoms with Gasteiger partial charge in [-0.1, -0.05) is 43.9 Å². The minimum atomic E-state index is -0.887. The highest BCUT2D eigenvalue weighted by molar-refractivity contribution is 8.02. The minimum Gasteiger partial charge on any atom is -0.480 e. The summed E-state index contributed by atoms with van der Waals surface area (Å²) in [6.07, 6.45) is 10.2. The SMILES string of the molecule is CC(C)(Sc1nc(CCNC(=O)CCCC2CCCCC2)cs1)C(=O)O. The van der Waals surface area contributed by atoms with Crippen LogP contribution in [0.2, 0.25) is 0 Å². The van der Waals surface area contributed by atoms with Gasteiger partial charge in [0.2, 0.25) is 5.91 Å². The third-order valence-electron chi connectivity index (χ3n) is 4.83. The molecule has 0 spiro atoms. The van der Waals surface area contributed by atoms with Crippen molar-refractivity contribution in [3.63, 3.8) is 0 Å². The number of hydrogen-bond acceptors (Lipinski definition) is 5. The molecule has 26 heavy (non-hydrogen) atoms. The number of rotatable bonds is 10. The number of carboxylic acids is 1. The van der Waals surface area contributed by atoms with Crippen LogP contribution < -0.4 is 5.32 Å². The lowest BCUT2D eigenvalue weighted by Gasteiger charge is -2.21. The summed E-state index contributed by atoms with van der Waals surface area (Å²) >= 11 is 2.72. The van der Waals surface area contributed by atoms with Gasteiger partial charge >= 0.3 is 5.97 Å².